The number of aromatic nitrogens is 1. The first-order chi connectivity index (χ1) is 9.08. The third-order valence-corrected chi connectivity index (χ3v) is 2.79. The minimum absolute atomic E-state index is 0.0332. The summed E-state index contributed by atoms with van der Waals surface area (Å²) in [5.74, 6) is 0.0332. The molecule has 1 heterocycles. The van der Waals surface area contributed by atoms with Crippen molar-refractivity contribution in [3.05, 3.63) is 24.0 Å². The largest absolute Gasteiger partial charge is 0.409 e. The van der Waals surface area contributed by atoms with E-state index in [1.807, 2.05) is 12.1 Å². The maximum absolute atomic E-state index is 8.70. The Morgan fingerprint density at radius 1 is 1.37 bits per heavy atom. The van der Waals surface area contributed by atoms with Crippen LogP contribution >= 0.6 is 0 Å². The zero-order valence-electron chi connectivity index (χ0n) is 11.9. The number of likely N-dealkylation sites (N-methyl/N-ethyl adjacent to an activating group) is 1. The third kappa shape index (κ3) is 4.75. The molecule has 0 atom stereocenters. The number of hydrogen-bond acceptors (Lipinski definition) is 5. The Balaban J connectivity index is 2.89. The Bertz CT molecular complexity index is 419. The highest BCUT2D eigenvalue weighted by atomic mass is 16.4. The molecule has 19 heavy (non-hydrogen) atoms. The van der Waals surface area contributed by atoms with E-state index in [-0.39, 0.29) is 5.84 Å². The number of amidine groups is 1. The van der Waals surface area contributed by atoms with E-state index in [1.165, 1.54) is 0 Å². The number of hydrogen-bond donors (Lipinski definition) is 2. The predicted molar refractivity (Wildman–Crippen MR) is 77.8 cm³/mol. The topological polar surface area (TPSA) is 78.0 Å². The number of nitrogens with zero attached hydrogens (tertiary/aromatic N) is 4. The second-order valence-corrected chi connectivity index (χ2v) is 4.67. The van der Waals surface area contributed by atoms with Crippen molar-refractivity contribution < 1.29 is 5.21 Å². The molecule has 0 saturated heterocycles. The Hall–Kier alpha value is -1.82. The molecule has 0 aliphatic heterocycles. The summed E-state index contributed by atoms with van der Waals surface area (Å²) in [7, 11) is 4.11. The molecule has 1 rings (SSSR count). The van der Waals surface area contributed by atoms with Gasteiger partial charge in [0.15, 0.2) is 5.84 Å². The molecule has 0 amide bonds. The zero-order valence-corrected chi connectivity index (χ0v) is 11.9. The summed E-state index contributed by atoms with van der Waals surface area (Å²) in [5.41, 5.74) is 7.10. The second-order valence-electron chi connectivity index (χ2n) is 4.67. The Morgan fingerprint density at radius 3 is 2.68 bits per heavy atom. The smallest absolute Gasteiger partial charge is 0.188 e. The zero-order chi connectivity index (χ0) is 14.3. The monoisotopic (exact) mass is 265 g/mol. The lowest BCUT2D eigenvalue weighted by Crippen LogP contribution is -2.32. The lowest BCUT2D eigenvalue weighted by molar-refractivity contribution is 0.318. The van der Waals surface area contributed by atoms with E-state index >= 15 is 0 Å². The minimum atomic E-state index is 0.0332. The normalized spacial score (nSPS) is 11.9. The summed E-state index contributed by atoms with van der Waals surface area (Å²) < 4.78 is 0. The van der Waals surface area contributed by atoms with Crippen LogP contribution in [0.3, 0.4) is 0 Å². The molecule has 6 heteroatoms. The van der Waals surface area contributed by atoms with Gasteiger partial charge < -0.3 is 20.7 Å². The van der Waals surface area contributed by atoms with Crippen molar-refractivity contribution in [3.63, 3.8) is 0 Å². The molecule has 106 valence electrons. The van der Waals surface area contributed by atoms with Gasteiger partial charge in [0.1, 0.15) is 5.69 Å². The van der Waals surface area contributed by atoms with Crippen molar-refractivity contribution in [2.24, 2.45) is 10.9 Å². The van der Waals surface area contributed by atoms with E-state index in [4.69, 9.17) is 10.9 Å². The molecular weight excluding hydrogens is 242 g/mol. The molecule has 0 bridgehead atoms. The molecule has 0 radical (unpaired) electrons. The van der Waals surface area contributed by atoms with E-state index in [0.29, 0.717) is 5.69 Å². The summed E-state index contributed by atoms with van der Waals surface area (Å²) in [6.07, 6.45) is 2.75. The van der Waals surface area contributed by atoms with Gasteiger partial charge in [-0.25, -0.2) is 0 Å². The number of nitrogens with two attached hydrogens (primary N) is 1. The molecule has 0 fully saturated rings. The van der Waals surface area contributed by atoms with Crippen LogP contribution in [0.1, 0.15) is 19.0 Å². The van der Waals surface area contributed by atoms with Crippen LogP contribution < -0.4 is 10.6 Å². The van der Waals surface area contributed by atoms with E-state index in [2.05, 4.69) is 41.0 Å². The number of pyridine rings is 1. The van der Waals surface area contributed by atoms with Crippen LogP contribution in [0.25, 0.3) is 0 Å². The van der Waals surface area contributed by atoms with Crippen LogP contribution in [0, 0.1) is 0 Å². The van der Waals surface area contributed by atoms with E-state index in [1.54, 1.807) is 6.20 Å². The fraction of sp³-hybridized carbons (Fsp3) is 0.538. The van der Waals surface area contributed by atoms with Crippen molar-refractivity contribution in [1.82, 2.24) is 9.88 Å². The van der Waals surface area contributed by atoms with Gasteiger partial charge in [-0.15, -0.1) is 0 Å². The van der Waals surface area contributed by atoms with Gasteiger partial charge in [0.25, 0.3) is 0 Å². The fourth-order valence-electron chi connectivity index (χ4n) is 1.77. The van der Waals surface area contributed by atoms with Gasteiger partial charge in [-0.2, -0.15) is 0 Å². The van der Waals surface area contributed by atoms with Crippen molar-refractivity contribution in [2.75, 3.05) is 38.6 Å². The fourth-order valence-corrected chi connectivity index (χ4v) is 1.77. The van der Waals surface area contributed by atoms with Crippen molar-refractivity contribution in [1.29, 1.82) is 0 Å². The molecule has 0 spiro atoms. The molecule has 1 aromatic heterocycles. The first-order valence-corrected chi connectivity index (χ1v) is 6.42. The van der Waals surface area contributed by atoms with Crippen LogP contribution in [0.2, 0.25) is 0 Å². The van der Waals surface area contributed by atoms with Crippen LogP contribution in [-0.4, -0.2) is 54.7 Å². The van der Waals surface area contributed by atoms with Gasteiger partial charge in [0.05, 0.1) is 0 Å². The van der Waals surface area contributed by atoms with Gasteiger partial charge in [-0.05, 0) is 32.6 Å². The van der Waals surface area contributed by atoms with Crippen molar-refractivity contribution >= 4 is 11.5 Å². The number of anilines is 1. The average molecular weight is 265 g/mol. The number of oxime groups is 1. The van der Waals surface area contributed by atoms with Crippen LogP contribution in [0.5, 0.6) is 0 Å². The molecule has 1 aromatic rings. The van der Waals surface area contributed by atoms with Gasteiger partial charge in [-0.1, -0.05) is 12.1 Å². The lowest BCUT2D eigenvalue weighted by Gasteiger charge is -2.26. The summed E-state index contributed by atoms with van der Waals surface area (Å²) >= 11 is 0. The van der Waals surface area contributed by atoms with Crippen molar-refractivity contribution in [3.8, 4) is 0 Å². The van der Waals surface area contributed by atoms with Crippen LogP contribution in [-0.2, 0) is 0 Å². The highest BCUT2D eigenvalue weighted by molar-refractivity contribution is 5.95. The van der Waals surface area contributed by atoms with Gasteiger partial charge in [-0.3, -0.25) is 4.98 Å². The molecule has 0 aliphatic carbocycles. The summed E-state index contributed by atoms with van der Waals surface area (Å²) in [4.78, 5) is 8.52. The Morgan fingerprint density at radius 2 is 2.11 bits per heavy atom. The maximum Gasteiger partial charge on any atom is 0.188 e. The van der Waals surface area contributed by atoms with Gasteiger partial charge in [0.2, 0.25) is 0 Å². The van der Waals surface area contributed by atoms with Crippen molar-refractivity contribution in [2.45, 2.75) is 13.3 Å². The maximum atomic E-state index is 8.70. The predicted octanol–water partition coefficient (Wildman–Crippen LogP) is 0.954. The lowest BCUT2D eigenvalue weighted by atomic mass is 10.2. The molecule has 6 nitrogen and oxygen atoms in total. The first kappa shape index (κ1) is 15.2. The Labute approximate surface area is 114 Å². The van der Waals surface area contributed by atoms with Crippen LogP contribution in [0.4, 0.5) is 5.69 Å². The third-order valence-electron chi connectivity index (χ3n) is 2.79. The summed E-state index contributed by atoms with van der Waals surface area (Å²) in [6, 6.07) is 3.79. The molecule has 0 saturated carbocycles. The van der Waals surface area contributed by atoms with E-state index < -0.39 is 0 Å². The molecular formula is C13H23N5O. The number of rotatable bonds is 7. The van der Waals surface area contributed by atoms with Crippen LogP contribution in [0.15, 0.2) is 23.5 Å². The SMILES string of the molecule is CCCN(CCN(C)C)c1ccnc(C(N)=NO)c1. The summed E-state index contributed by atoms with van der Waals surface area (Å²) in [6.45, 7) is 5.02. The molecule has 0 aromatic carbocycles. The molecule has 3 N–H and O–H groups in total. The average Bonchev–Trinajstić information content (AvgIpc) is 2.42. The highest BCUT2D eigenvalue weighted by Gasteiger charge is 2.09. The van der Waals surface area contributed by atoms with Gasteiger partial charge >= 0.3 is 0 Å². The minimum Gasteiger partial charge on any atom is -0.409 e. The Kier molecular flexibility index (Phi) is 6.08. The van der Waals surface area contributed by atoms with E-state index in [0.717, 1.165) is 31.7 Å². The molecule has 0 aliphatic rings. The summed E-state index contributed by atoms with van der Waals surface area (Å²) in [5, 5.41) is 11.7. The quantitative estimate of drug-likeness (QED) is 0.332. The second kappa shape index (κ2) is 7.58. The standard InChI is InChI=1S/C13H23N5O/c1-4-7-18(9-8-17(2)3)11-5-6-15-12(10-11)13(14)16-19/h5-6,10,19H,4,7-9H2,1-3H3,(H2,14,16). The van der Waals surface area contributed by atoms with Gasteiger partial charge in [0, 0.05) is 31.5 Å². The van der Waals surface area contributed by atoms with E-state index in [9.17, 15) is 0 Å². The highest BCUT2D eigenvalue weighted by Crippen LogP contribution is 2.15. The first-order valence-electron chi connectivity index (χ1n) is 6.42. The molecule has 0 unspecified atom stereocenters.